The predicted molar refractivity (Wildman–Crippen MR) is 122 cm³/mol. The number of nitro benzene ring substituents is 1. The number of carbonyl (C=O) groups excluding carboxylic acids is 1. The third-order valence-corrected chi connectivity index (χ3v) is 6.18. The first-order valence-corrected chi connectivity index (χ1v) is 10.4. The Kier molecular flexibility index (Phi) is 5.47. The van der Waals surface area contributed by atoms with Crippen molar-refractivity contribution in [1.29, 1.82) is 0 Å². The van der Waals surface area contributed by atoms with Gasteiger partial charge in [-0.3, -0.25) is 19.8 Å². The first-order valence-electron chi connectivity index (χ1n) is 9.14. The minimum absolute atomic E-state index is 0.0175. The molecule has 1 saturated heterocycles. The van der Waals surface area contributed by atoms with Gasteiger partial charge in [-0.2, -0.15) is 0 Å². The van der Waals surface area contributed by atoms with Gasteiger partial charge in [-0.15, -0.1) is 0 Å². The molecule has 1 aliphatic heterocycles. The number of thioether (sulfide) groups is 1. The van der Waals surface area contributed by atoms with Crippen LogP contribution in [0, 0.1) is 29.8 Å². The Bertz CT molecular complexity index is 1280. The van der Waals surface area contributed by atoms with E-state index < -0.39 is 10.7 Å². The zero-order chi connectivity index (χ0) is 22.3. The van der Waals surface area contributed by atoms with E-state index in [1.807, 2.05) is 6.07 Å². The van der Waals surface area contributed by atoms with E-state index in [-0.39, 0.29) is 11.6 Å². The van der Waals surface area contributed by atoms with Gasteiger partial charge in [0, 0.05) is 23.3 Å². The van der Waals surface area contributed by atoms with Gasteiger partial charge >= 0.3 is 0 Å². The van der Waals surface area contributed by atoms with Crippen molar-refractivity contribution in [3.05, 3.63) is 86.3 Å². The Balaban J connectivity index is 1.64. The Labute approximate surface area is 186 Å². The molecule has 2 heterocycles. The lowest BCUT2D eigenvalue weighted by molar-refractivity contribution is -0.385. The molecule has 0 saturated carbocycles. The number of aryl methyl sites for hydroxylation is 1. The van der Waals surface area contributed by atoms with Crippen LogP contribution in [0.25, 0.3) is 17.4 Å². The summed E-state index contributed by atoms with van der Waals surface area (Å²) in [5.74, 6) is 0.00254. The van der Waals surface area contributed by atoms with Crippen LogP contribution in [-0.4, -0.2) is 15.2 Å². The van der Waals surface area contributed by atoms with Crippen LogP contribution >= 0.6 is 24.0 Å². The monoisotopic (exact) mass is 454 g/mol. The van der Waals surface area contributed by atoms with Crippen LogP contribution in [0.15, 0.2) is 57.9 Å². The SMILES string of the molecule is Cc1cc(-c2ccc(/C=C3\SC(=S)N(c4cccc(F)c4)C3=O)o2)cc([N+](=O)[O-])c1C. The molecule has 1 amide bonds. The van der Waals surface area contributed by atoms with Crippen LogP contribution in [0.5, 0.6) is 0 Å². The lowest BCUT2D eigenvalue weighted by Crippen LogP contribution is -2.27. The third kappa shape index (κ3) is 4.01. The van der Waals surface area contributed by atoms with Crippen molar-refractivity contribution < 1.29 is 18.5 Å². The van der Waals surface area contributed by atoms with Gasteiger partial charge in [0.05, 0.1) is 15.5 Å². The van der Waals surface area contributed by atoms with Gasteiger partial charge in [-0.25, -0.2) is 4.39 Å². The number of hydrogen-bond acceptors (Lipinski definition) is 6. The van der Waals surface area contributed by atoms with Crippen LogP contribution in [0.1, 0.15) is 16.9 Å². The van der Waals surface area contributed by atoms with Crippen molar-refractivity contribution in [1.82, 2.24) is 0 Å². The second kappa shape index (κ2) is 8.09. The number of rotatable bonds is 4. The van der Waals surface area contributed by atoms with Crippen LogP contribution in [0.4, 0.5) is 15.8 Å². The zero-order valence-corrected chi connectivity index (χ0v) is 18.1. The summed E-state index contributed by atoms with van der Waals surface area (Å²) < 4.78 is 19.7. The van der Waals surface area contributed by atoms with Crippen LogP contribution in [0.3, 0.4) is 0 Å². The molecule has 6 nitrogen and oxygen atoms in total. The Morgan fingerprint density at radius 2 is 1.97 bits per heavy atom. The lowest BCUT2D eigenvalue weighted by atomic mass is 10.0. The summed E-state index contributed by atoms with van der Waals surface area (Å²) in [6.07, 6.45) is 1.55. The highest BCUT2D eigenvalue weighted by molar-refractivity contribution is 8.27. The number of nitro groups is 1. The molecule has 31 heavy (non-hydrogen) atoms. The maximum Gasteiger partial charge on any atom is 0.273 e. The molecule has 0 atom stereocenters. The number of amides is 1. The largest absolute Gasteiger partial charge is 0.457 e. The molecular formula is C22H15FN2O4S2. The Morgan fingerprint density at radius 3 is 2.68 bits per heavy atom. The summed E-state index contributed by atoms with van der Waals surface area (Å²) >= 11 is 6.38. The van der Waals surface area contributed by atoms with Crippen LogP contribution in [-0.2, 0) is 4.79 Å². The average molecular weight is 455 g/mol. The summed E-state index contributed by atoms with van der Waals surface area (Å²) in [5, 5.41) is 11.3. The smallest absolute Gasteiger partial charge is 0.273 e. The minimum atomic E-state index is -0.464. The molecule has 3 aromatic rings. The fourth-order valence-corrected chi connectivity index (χ4v) is 4.47. The second-order valence-corrected chi connectivity index (χ2v) is 8.57. The number of nitrogens with zero attached hydrogens (tertiary/aromatic N) is 2. The molecule has 4 rings (SSSR count). The summed E-state index contributed by atoms with van der Waals surface area (Å²) in [4.78, 5) is 25.3. The van der Waals surface area contributed by atoms with E-state index in [2.05, 4.69) is 0 Å². The normalized spacial score (nSPS) is 15.2. The highest BCUT2D eigenvalue weighted by Gasteiger charge is 2.33. The van der Waals surface area contributed by atoms with E-state index in [0.717, 1.165) is 17.3 Å². The fraction of sp³-hybridized carbons (Fsp3) is 0.0909. The first-order chi connectivity index (χ1) is 14.7. The number of carbonyl (C=O) groups is 1. The molecule has 0 radical (unpaired) electrons. The zero-order valence-electron chi connectivity index (χ0n) is 16.4. The summed E-state index contributed by atoms with van der Waals surface area (Å²) in [6.45, 7) is 3.50. The molecule has 0 aliphatic carbocycles. The van der Waals surface area contributed by atoms with E-state index in [9.17, 15) is 19.3 Å². The van der Waals surface area contributed by atoms with Gasteiger partial charge in [-0.1, -0.05) is 30.0 Å². The fourth-order valence-electron chi connectivity index (χ4n) is 3.19. The molecule has 1 aliphatic rings. The van der Waals surface area contributed by atoms with Gasteiger partial charge in [0.2, 0.25) is 0 Å². The van der Waals surface area contributed by atoms with E-state index in [1.54, 1.807) is 38.1 Å². The molecule has 1 fully saturated rings. The molecule has 0 spiro atoms. The van der Waals surface area contributed by atoms with Crippen LogP contribution in [0.2, 0.25) is 0 Å². The molecule has 0 unspecified atom stereocenters. The number of halogens is 1. The van der Waals surface area contributed by atoms with Gasteiger partial charge in [-0.05, 0) is 55.8 Å². The van der Waals surface area contributed by atoms with Crippen molar-refractivity contribution in [2.45, 2.75) is 13.8 Å². The van der Waals surface area contributed by atoms with Crippen molar-refractivity contribution in [2.24, 2.45) is 0 Å². The standard InChI is InChI=1S/C22H15FN2O4S2/c1-12-8-14(9-18(13(12)2)25(27)28)19-7-6-17(29-19)11-20-21(26)24(22(30)31-20)16-5-3-4-15(23)10-16/h3-11H,1-2H3/b20-11-. The van der Waals surface area contributed by atoms with Gasteiger partial charge in [0.25, 0.3) is 11.6 Å². The van der Waals surface area contributed by atoms with Crippen molar-refractivity contribution >= 4 is 51.7 Å². The van der Waals surface area contributed by atoms with E-state index in [1.165, 1.54) is 29.2 Å². The third-order valence-electron chi connectivity index (χ3n) is 4.88. The number of furan rings is 1. The molecule has 1 aromatic heterocycles. The molecule has 9 heteroatoms. The number of hydrogen-bond donors (Lipinski definition) is 0. The molecule has 0 N–H and O–H groups in total. The summed E-state index contributed by atoms with van der Waals surface area (Å²) in [6, 6.07) is 12.3. The van der Waals surface area contributed by atoms with Gasteiger partial charge in [0.1, 0.15) is 17.3 Å². The number of thiocarbonyl (C=S) groups is 1. The predicted octanol–water partition coefficient (Wildman–Crippen LogP) is 6.02. The summed E-state index contributed by atoms with van der Waals surface area (Å²) in [5.41, 5.74) is 2.32. The quantitative estimate of drug-likeness (QED) is 0.208. The average Bonchev–Trinajstić information content (AvgIpc) is 3.28. The maximum absolute atomic E-state index is 13.6. The van der Waals surface area contributed by atoms with E-state index >= 15 is 0 Å². The molecule has 156 valence electrons. The number of anilines is 1. The van der Waals surface area contributed by atoms with Gasteiger partial charge in [0.15, 0.2) is 4.32 Å². The molecule has 0 bridgehead atoms. The molecule has 2 aromatic carbocycles. The Hall–Kier alpha value is -3.30. The maximum atomic E-state index is 13.6. The van der Waals surface area contributed by atoms with Crippen molar-refractivity contribution in [3.8, 4) is 11.3 Å². The highest BCUT2D eigenvalue weighted by atomic mass is 32.2. The number of benzene rings is 2. The Morgan fingerprint density at radius 1 is 1.19 bits per heavy atom. The van der Waals surface area contributed by atoms with E-state index in [0.29, 0.717) is 37.6 Å². The second-order valence-electron chi connectivity index (χ2n) is 6.89. The molecular weight excluding hydrogens is 439 g/mol. The van der Waals surface area contributed by atoms with E-state index in [4.69, 9.17) is 16.6 Å². The topological polar surface area (TPSA) is 76.6 Å². The first kappa shape index (κ1) is 21.0. The van der Waals surface area contributed by atoms with Crippen LogP contribution < -0.4 is 4.90 Å². The van der Waals surface area contributed by atoms with Gasteiger partial charge < -0.3 is 4.42 Å². The highest BCUT2D eigenvalue weighted by Crippen LogP contribution is 2.37. The lowest BCUT2D eigenvalue weighted by Gasteiger charge is -2.14. The minimum Gasteiger partial charge on any atom is -0.457 e. The van der Waals surface area contributed by atoms with Crippen molar-refractivity contribution in [3.63, 3.8) is 0 Å². The van der Waals surface area contributed by atoms with Crippen molar-refractivity contribution in [2.75, 3.05) is 4.90 Å². The summed E-state index contributed by atoms with van der Waals surface area (Å²) in [7, 11) is 0.